The van der Waals surface area contributed by atoms with Gasteiger partial charge in [0.25, 0.3) is 0 Å². The molecule has 0 radical (unpaired) electrons. The third kappa shape index (κ3) is 1.87. The number of carbonyl (C=O) groups excluding carboxylic acids is 1. The van der Waals surface area contributed by atoms with Gasteiger partial charge in [-0.05, 0) is 62.7 Å². The van der Waals surface area contributed by atoms with E-state index in [0.717, 1.165) is 31.1 Å². The van der Waals surface area contributed by atoms with E-state index in [1.54, 1.807) is 0 Å². The lowest BCUT2D eigenvalue weighted by atomic mass is 9.44. The highest BCUT2D eigenvalue weighted by Crippen LogP contribution is 2.65. The van der Waals surface area contributed by atoms with E-state index in [0.29, 0.717) is 17.9 Å². The zero-order valence-corrected chi connectivity index (χ0v) is 11.7. The Balaban J connectivity index is 1.80. The minimum atomic E-state index is -0.0533. The van der Waals surface area contributed by atoms with Gasteiger partial charge in [-0.3, -0.25) is 4.79 Å². The van der Waals surface area contributed by atoms with Gasteiger partial charge in [0.05, 0.1) is 5.41 Å². The van der Waals surface area contributed by atoms with Gasteiger partial charge < -0.3 is 11.1 Å². The molecule has 3 heteroatoms. The molecule has 18 heavy (non-hydrogen) atoms. The van der Waals surface area contributed by atoms with Crippen LogP contribution in [0.5, 0.6) is 0 Å². The highest BCUT2D eigenvalue weighted by molar-refractivity contribution is 5.83. The minimum absolute atomic E-state index is 0.0533. The van der Waals surface area contributed by atoms with Gasteiger partial charge in [-0.2, -0.15) is 0 Å². The van der Waals surface area contributed by atoms with Crippen LogP contribution in [0.1, 0.15) is 52.4 Å². The van der Waals surface area contributed by atoms with Crippen LogP contribution in [0.2, 0.25) is 0 Å². The molecule has 4 fully saturated rings. The minimum Gasteiger partial charge on any atom is -0.352 e. The molecule has 2 unspecified atom stereocenters. The van der Waals surface area contributed by atoms with Gasteiger partial charge in [-0.25, -0.2) is 0 Å². The lowest BCUT2D eigenvalue weighted by molar-refractivity contribution is -0.155. The summed E-state index contributed by atoms with van der Waals surface area (Å²) in [5.74, 6) is 1.89. The average molecular weight is 250 g/mol. The van der Waals surface area contributed by atoms with E-state index in [9.17, 15) is 4.79 Å². The third-order valence-electron chi connectivity index (χ3n) is 5.57. The van der Waals surface area contributed by atoms with E-state index in [1.165, 1.54) is 19.3 Å². The van der Waals surface area contributed by atoms with Crippen LogP contribution in [0, 0.1) is 22.7 Å². The molecule has 4 bridgehead atoms. The first kappa shape index (κ1) is 12.5. The predicted molar refractivity (Wildman–Crippen MR) is 71.9 cm³/mol. The SMILES string of the molecule is C[C@H](CN)NC(=O)C12CC3CC(CC(C)(C3)C1)C2. The summed E-state index contributed by atoms with van der Waals surface area (Å²) >= 11 is 0. The molecular weight excluding hydrogens is 224 g/mol. The van der Waals surface area contributed by atoms with Crippen LogP contribution in [-0.4, -0.2) is 18.5 Å². The van der Waals surface area contributed by atoms with Crippen LogP contribution in [0.4, 0.5) is 0 Å². The quantitative estimate of drug-likeness (QED) is 0.805. The number of hydrogen-bond acceptors (Lipinski definition) is 2. The molecule has 0 heterocycles. The number of hydrogen-bond donors (Lipinski definition) is 2. The molecule has 3 nitrogen and oxygen atoms in total. The second kappa shape index (κ2) is 3.96. The average Bonchev–Trinajstić information content (AvgIpc) is 2.25. The maximum absolute atomic E-state index is 12.6. The number of nitrogens with one attached hydrogen (secondary N) is 1. The number of amides is 1. The van der Waals surface area contributed by atoms with Crippen molar-refractivity contribution in [3.63, 3.8) is 0 Å². The van der Waals surface area contributed by atoms with Crippen molar-refractivity contribution in [3.8, 4) is 0 Å². The zero-order valence-electron chi connectivity index (χ0n) is 11.7. The molecule has 102 valence electrons. The molecule has 0 aromatic carbocycles. The van der Waals surface area contributed by atoms with Crippen LogP contribution < -0.4 is 11.1 Å². The summed E-state index contributed by atoms with van der Waals surface area (Å²) in [6.45, 7) is 4.94. The molecule has 0 aliphatic heterocycles. The van der Waals surface area contributed by atoms with Crippen molar-refractivity contribution >= 4 is 5.91 Å². The first-order valence-electron chi connectivity index (χ1n) is 7.46. The van der Waals surface area contributed by atoms with Gasteiger partial charge in [0.15, 0.2) is 0 Å². The van der Waals surface area contributed by atoms with Gasteiger partial charge in [-0.15, -0.1) is 0 Å². The van der Waals surface area contributed by atoms with E-state index >= 15 is 0 Å². The maximum Gasteiger partial charge on any atom is 0.226 e. The van der Waals surface area contributed by atoms with Gasteiger partial charge in [0.2, 0.25) is 5.91 Å². The van der Waals surface area contributed by atoms with Crippen LogP contribution >= 0.6 is 0 Å². The molecule has 4 saturated carbocycles. The highest BCUT2D eigenvalue weighted by Gasteiger charge is 2.58. The largest absolute Gasteiger partial charge is 0.352 e. The molecular formula is C15H26N2O. The Bertz CT molecular complexity index is 352. The zero-order chi connectivity index (χ0) is 13.0. The predicted octanol–water partition coefficient (Wildman–Crippen LogP) is 2.06. The van der Waals surface area contributed by atoms with Crippen LogP contribution in [0.15, 0.2) is 0 Å². The van der Waals surface area contributed by atoms with Crippen molar-refractivity contribution in [3.05, 3.63) is 0 Å². The summed E-state index contributed by atoms with van der Waals surface area (Å²) in [6, 6.07) is 0.110. The van der Waals surface area contributed by atoms with Crippen LogP contribution in [0.3, 0.4) is 0 Å². The van der Waals surface area contributed by atoms with Crippen molar-refractivity contribution in [2.45, 2.75) is 58.4 Å². The number of nitrogens with two attached hydrogens (primary N) is 1. The smallest absolute Gasteiger partial charge is 0.226 e. The molecule has 0 saturated heterocycles. The Kier molecular flexibility index (Phi) is 2.74. The summed E-state index contributed by atoms with van der Waals surface area (Å²) in [7, 11) is 0. The van der Waals surface area contributed by atoms with Gasteiger partial charge in [0.1, 0.15) is 0 Å². The van der Waals surface area contributed by atoms with Crippen LogP contribution in [-0.2, 0) is 4.79 Å². The van der Waals surface area contributed by atoms with Gasteiger partial charge in [0, 0.05) is 12.6 Å². The first-order valence-corrected chi connectivity index (χ1v) is 7.46. The number of carbonyl (C=O) groups is 1. The molecule has 3 atom stereocenters. The van der Waals surface area contributed by atoms with Crippen molar-refractivity contribution in [1.82, 2.24) is 5.32 Å². The third-order valence-corrected chi connectivity index (χ3v) is 5.57. The summed E-state index contributed by atoms with van der Waals surface area (Å²) < 4.78 is 0. The Morgan fingerprint density at radius 1 is 1.33 bits per heavy atom. The van der Waals surface area contributed by atoms with Crippen molar-refractivity contribution in [2.24, 2.45) is 28.4 Å². The summed E-state index contributed by atoms with van der Waals surface area (Å²) in [5.41, 5.74) is 6.01. The normalized spacial score (nSPS) is 47.1. The monoisotopic (exact) mass is 250 g/mol. The van der Waals surface area contributed by atoms with Gasteiger partial charge >= 0.3 is 0 Å². The standard InChI is InChI=1S/C15H26N2O/c1-10(8-16)17-13(18)15-6-11-3-12(7-15)5-14(2,4-11)9-15/h10-12H,3-9,16H2,1-2H3,(H,17,18)/t10-,11?,12?,14?,15?/m1/s1. The molecule has 4 rings (SSSR count). The first-order chi connectivity index (χ1) is 8.45. The van der Waals surface area contributed by atoms with Gasteiger partial charge in [-0.1, -0.05) is 6.92 Å². The van der Waals surface area contributed by atoms with E-state index in [1.807, 2.05) is 6.92 Å². The Hall–Kier alpha value is -0.570. The van der Waals surface area contributed by atoms with E-state index < -0.39 is 0 Å². The van der Waals surface area contributed by atoms with E-state index in [-0.39, 0.29) is 11.5 Å². The van der Waals surface area contributed by atoms with Crippen molar-refractivity contribution in [2.75, 3.05) is 6.54 Å². The maximum atomic E-state index is 12.6. The lowest BCUT2D eigenvalue weighted by Gasteiger charge is -2.60. The lowest BCUT2D eigenvalue weighted by Crippen LogP contribution is -2.58. The molecule has 0 spiro atoms. The van der Waals surface area contributed by atoms with E-state index in [2.05, 4.69) is 12.2 Å². The van der Waals surface area contributed by atoms with E-state index in [4.69, 9.17) is 5.73 Å². The molecule has 0 aromatic rings. The second-order valence-corrected chi connectivity index (χ2v) is 7.66. The summed E-state index contributed by atoms with van der Waals surface area (Å²) in [6.07, 6.45) is 7.44. The van der Waals surface area contributed by atoms with Crippen molar-refractivity contribution in [1.29, 1.82) is 0 Å². The molecule has 3 N–H and O–H groups in total. The molecule has 0 aromatic heterocycles. The van der Waals surface area contributed by atoms with Crippen molar-refractivity contribution < 1.29 is 4.79 Å². The molecule has 4 aliphatic rings. The second-order valence-electron chi connectivity index (χ2n) is 7.66. The Morgan fingerprint density at radius 2 is 1.94 bits per heavy atom. The molecule has 4 aliphatic carbocycles. The Morgan fingerprint density at radius 3 is 2.44 bits per heavy atom. The molecule has 1 amide bonds. The number of rotatable bonds is 3. The summed E-state index contributed by atoms with van der Waals surface area (Å²) in [4.78, 5) is 12.6. The van der Waals surface area contributed by atoms with Crippen LogP contribution in [0.25, 0.3) is 0 Å². The Labute approximate surface area is 110 Å². The highest BCUT2D eigenvalue weighted by atomic mass is 16.2. The fourth-order valence-electron chi connectivity index (χ4n) is 5.42. The fourth-order valence-corrected chi connectivity index (χ4v) is 5.42. The fraction of sp³-hybridized carbons (Fsp3) is 0.933. The topological polar surface area (TPSA) is 55.1 Å². The summed E-state index contributed by atoms with van der Waals surface area (Å²) in [5, 5.41) is 3.14.